The lowest BCUT2D eigenvalue weighted by atomic mass is 10.1. The van der Waals surface area contributed by atoms with Crippen LogP contribution in [-0.2, 0) is 9.53 Å². The molecule has 0 spiro atoms. The van der Waals surface area contributed by atoms with Crippen molar-refractivity contribution in [2.45, 2.75) is 0 Å². The van der Waals surface area contributed by atoms with E-state index in [0.29, 0.717) is 0 Å². The predicted molar refractivity (Wildman–Crippen MR) is 42.3 cm³/mol. The molecule has 0 saturated carbocycles. The fraction of sp³-hybridized carbons (Fsp3) is 0.250. The first-order chi connectivity index (χ1) is 5.34. The van der Waals surface area contributed by atoms with Crippen LogP contribution < -0.4 is 0 Å². The number of aliphatic imine (C=N–C) groups is 1. The van der Waals surface area contributed by atoms with Crippen LogP contribution in [0.4, 0.5) is 0 Å². The van der Waals surface area contributed by atoms with Gasteiger partial charge < -0.3 is 4.74 Å². The molecule has 0 aromatic carbocycles. The number of methoxy groups -OCH3 is 1. The third kappa shape index (κ3) is 2.04. The molecule has 58 valence electrons. The summed E-state index contributed by atoms with van der Waals surface area (Å²) in [5.74, 6) is -0.622. The monoisotopic (exact) mass is 151 g/mol. The molecule has 0 radical (unpaired) electrons. The smallest absolute Gasteiger partial charge is 0.318 e. The molecular formula is C8H9NO2. The SMILES string of the molecule is COC(=O)C1C=CC=CN=C1. The largest absolute Gasteiger partial charge is 0.468 e. The van der Waals surface area contributed by atoms with Gasteiger partial charge in [0.2, 0.25) is 0 Å². The summed E-state index contributed by atoms with van der Waals surface area (Å²) in [6.45, 7) is 0. The van der Waals surface area contributed by atoms with Crippen molar-refractivity contribution in [2.24, 2.45) is 10.9 Å². The molecule has 0 aromatic rings. The van der Waals surface area contributed by atoms with Crippen LogP contribution in [0.2, 0.25) is 0 Å². The van der Waals surface area contributed by atoms with Crippen LogP contribution in [0.15, 0.2) is 29.4 Å². The van der Waals surface area contributed by atoms with Gasteiger partial charge in [-0.05, 0) is 6.08 Å². The summed E-state index contributed by atoms with van der Waals surface area (Å²) in [4.78, 5) is 14.8. The molecule has 1 unspecified atom stereocenters. The second-order valence-corrected chi connectivity index (χ2v) is 2.07. The first kappa shape index (κ1) is 7.72. The highest BCUT2D eigenvalue weighted by Crippen LogP contribution is 2.01. The third-order valence-corrected chi connectivity index (χ3v) is 1.32. The molecule has 0 aliphatic carbocycles. The zero-order valence-electron chi connectivity index (χ0n) is 6.23. The number of hydrogen-bond donors (Lipinski definition) is 0. The minimum absolute atomic E-state index is 0.284. The van der Waals surface area contributed by atoms with Crippen LogP contribution in [0.25, 0.3) is 0 Å². The van der Waals surface area contributed by atoms with E-state index in [1.54, 1.807) is 30.6 Å². The van der Waals surface area contributed by atoms with Crippen LogP contribution >= 0.6 is 0 Å². The van der Waals surface area contributed by atoms with E-state index in [1.807, 2.05) is 0 Å². The number of carbonyl (C=O) groups excluding carboxylic acids is 1. The van der Waals surface area contributed by atoms with E-state index in [4.69, 9.17) is 0 Å². The lowest BCUT2D eigenvalue weighted by Crippen LogP contribution is -2.14. The first-order valence-electron chi connectivity index (χ1n) is 3.29. The highest BCUT2D eigenvalue weighted by molar-refractivity contribution is 5.92. The summed E-state index contributed by atoms with van der Waals surface area (Å²) in [6, 6.07) is 0. The van der Waals surface area contributed by atoms with Crippen molar-refractivity contribution >= 4 is 12.2 Å². The number of esters is 1. The van der Waals surface area contributed by atoms with Gasteiger partial charge in [-0.15, -0.1) is 0 Å². The molecule has 0 amide bonds. The van der Waals surface area contributed by atoms with Crippen molar-refractivity contribution in [1.82, 2.24) is 0 Å². The minimum atomic E-state index is -0.338. The van der Waals surface area contributed by atoms with Crippen LogP contribution in [0.5, 0.6) is 0 Å². The highest BCUT2D eigenvalue weighted by Gasteiger charge is 2.12. The Labute approximate surface area is 65.1 Å². The molecule has 1 atom stereocenters. The quantitative estimate of drug-likeness (QED) is 0.523. The van der Waals surface area contributed by atoms with E-state index in [0.717, 1.165) is 0 Å². The van der Waals surface area contributed by atoms with Crippen molar-refractivity contribution in [3.63, 3.8) is 0 Å². The van der Waals surface area contributed by atoms with Crippen molar-refractivity contribution in [1.29, 1.82) is 0 Å². The van der Waals surface area contributed by atoms with Gasteiger partial charge in [0.1, 0.15) is 5.92 Å². The van der Waals surface area contributed by atoms with Crippen molar-refractivity contribution < 1.29 is 9.53 Å². The van der Waals surface area contributed by atoms with Gasteiger partial charge in [-0.1, -0.05) is 12.2 Å². The lowest BCUT2D eigenvalue weighted by Gasteiger charge is -2.01. The van der Waals surface area contributed by atoms with Crippen molar-refractivity contribution in [3.8, 4) is 0 Å². The van der Waals surface area contributed by atoms with Crippen molar-refractivity contribution in [3.05, 3.63) is 24.4 Å². The van der Waals surface area contributed by atoms with Gasteiger partial charge in [-0.25, -0.2) is 0 Å². The average Bonchev–Trinajstić information content (AvgIpc) is 2.30. The second-order valence-electron chi connectivity index (χ2n) is 2.07. The Morgan fingerprint density at radius 2 is 2.36 bits per heavy atom. The molecule has 1 aliphatic heterocycles. The van der Waals surface area contributed by atoms with Gasteiger partial charge >= 0.3 is 5.97 Å². The van der Waals surface area contributed by atoms with Crippen molar-refractivity contribution in [2.75, 3.05) is 7.11 Å². The Balaban J connectivity index is 2.67. The summed E-state index contributed by atoms with van der Waals surface area (Å²) in [6.07, 6.45) is 8.44. The normalized spacial score (nSPS) is 21.4. The van der Waals surface area contributed by atoms with E-state index < -0.39 is 0 Å². The second kappa shape index (κ2) is 3.71. The maximum atomic E-state index is 10.9. The molecule has 3 heteroatoms. The molecule has 11 heavy (non-hydrogen) atoms. The zero-order valence-corrected chi connectivity index (χ0v) is 6.23. The molecule has 0 bridgehead atoms. The molecule has 0 saturated heterocycles. The summed E-state index contributed by atoms with van der Waals surface area (Å²) >= 11 is 0. The molecule has 3 nitrogen and oxygen atoms in total. The fourth-order valence-electron chi connectivity index (χ4n) is 0.751. The number of rotatable bonds is 1. The summed E-state index contributed by atoms with van der Waals surface area (Å²) in [7, 11) is 1.36. The topological polar surface area (TPSA) is 38.7 Å². The number of nitrogens with zero attached hydrogens (tertiary/aromatic N) is 1. The van der Waals surface area contributed by atoms with E-state index in [2.05, 4.69) is 9.73 Å². The maximum absolute atomic E-state index is 10.9. The zero-order chi connectivity index (χ0) is 8.10. The Hall–Kier alpha value is -1.38. The van der Waals surface area contributed by atoms with E-state index in [9.17, 15) is 4.79 Å². The first-order valence-corrected chi connectivity index (χ1v) is 3.29. The molecule has 1 rings (SSSR count). The summed E-state index contributed by atoms with van der Waals surface area (Å²) in [5.41, 5.74) is 0. The van der Waals surface area contributed by atoms with Gasteiger partial charge in [0.15, 0.2) is 0 Å². The van der Waals surface area contributed by atoms with Gasteiger partial charge in [0.25, 0.3) is 0 Å². The Morgan fingerprint density at radius 1 is 1.55 bits per heavy atom. The van der Waals surface area contributed by atoms with Gasteiger partial charge in [-0.3, -0.25) is 9.79 Å². The van der Waals surface area contributed by atoms with Gasteiger partial charge in [-0.2, -0.15) is 0 Å². The van der Waals surface area contributed by atoms with E-state index in [-0.39, 0.29) is 11.9 Å². The molecule has 1 heterocycles. The fourth-order valence-corrected chi connectivity index (χ4v) is 0.751. The number of allylic oxidation sites excluding steroid dienone is 2. The minimum Gasteiger partial charge on any atom is -0.468 e. The Bertz CT molecular complexity index is 212. The summed E-state index contributed by atoms with van der Waals surface area (Å²) in [5, 5.41) is 0. The maximum Gasteiger partial charge on any atom is 0.318 e. The summed E-state index contributed by atoms with van der Waals surface area (Å²) < 4.78 is 4.54. The number of hydrogen-bond acceptors (Lipinski definition) is 3. The Morgan fingerprint density at radius 3 is 3.09 bits per heavy atom. The van der Waals surface area contributed by atoms with E-state index >= 15 is 0 Å². The van der Waals surface area contributed by atoms with Crippen LogP contribution in [0.1, 0.15) is 0 Å². The molecule has 1 aliphatic rings. The van der Waals surface area contributed by atoms with Crippen LogP contribution in [0, 0.1) is 5.92 Å². The van der Waals surface area contributed by atoms with Gasteiger partial charge in [0, 0.05) is 12.4 Å². The Kier molecular flexibility index (Phi) is 2.60. The molecular weight excluding hydrogens is 142 g/mol. The number of ether oxygens (including phenoxy) is 1. The van der Waals surface area contributed by atoms with Gasteiger partial charge in [0.05, 0.1) is 7.11 Å². The van der Waals surface area contributed by atoms with Crippen LogP contribution in [-0.4, -0.2) is 19.3 Å². The average molecular weight is 151 g/mol. The standard InChI is InChI=1S/C8H9NO2/c1-11-8(10)7-4-2-3-5-9-6-7/h2-7H,1H3. The molecule has 0 N–H and O–H groups in total. The van der Waals surface area contributed by atoms with Crippen LogP contribution in [0.3, 0.4) is 0 Å². The number of carbonyl (C=O) groups is 1. The predicted octanol–water partition coefficient (Wildman–Crippen LogP) is 0.930. The molecule has 0 fully saturated rings. The lowest BCUT2D eigenvalue weighted by molar-refractivity contribution is -0.141. The third-order valence-electron chi connectivity index (χ3n) is 1.32. The van der Waals surface area contributed by atoms with E-state index in [1.165, 1.54) is 7.11 Å². The highest BCUT2D eigenvalue weighted by atomic mass is 16.5. The molecule has 0 aromatic heterocycles.